The van der Waals surface area contributed by atoms with Gasteiger partial charge in [-0.25, -0.2) is 0 Å². The van der Waals surface area contributed by atoms with Gasteiger partial charge in [-0.15, -0.1) is 13.2 Å². The lowest BCUT2D eigenvalue weighted by Gasteiger charge is -1.48. The van der Waals surface area contributed by atoms with E-state index in [1.165, 1.54) is 12.8 Å². The van der Waals surface area contributed by atoms with Crippen molar-refractivity contribution in [1.82, 2.24) is 0 Å². The lowest BCUT2D eigenvalue weighted by Crippen LogP contribution is -1.27. The number of rotatable bonds is 0. The summed E-state index contributed by atoms with van der Waals surface area (Å²) < 4.78 is 0. The van der Waals surface area contributed by atoms with Crippen molar-refractivity contribution in [3.63, 3.8) is 0 Å². The molecule has 0 aromatic carbocycles. The van der Waals surface area contributed by atoms with Crippen LogP contribution in [0.4, 0.5) is 0 Å². The van der Waals surface area contributed by atoms with E-state index in [4.69, 9.17) is 0 Å². The zero-order valence-corrected chi connectivity index (χ0v) is 16.0. The van der Waals surface area contributed by atoms with E-state index in [0.29, 0.717) is 0 Å². The van der Waals surface area contributed by atoms with Crippen LogP contribution in [0.3, 0.4) is 0 Å². The van der Waals surface area contributed by atoms with Crippen molar-refractivity contribution < 1.29 is 0 Å². The van der Waals surface area contributed by atoms with Gasteiger partial charge in [-0.3, -0.25) is 0 Å². The average Bonchev–Trinajstić information content (AvgIpc) is 3.40. The molecule has 0 aliphatic heterocycles. The van der Waals surface area contributed by atoms with Crippen LogP contribution in [-0.4, -0.2) is 0 Å². The fourth-order valence-electron chi connectivity index (χ4n) is 0. The van der Waals surface area contributed by atoms with Gasteiger partial charge >= 0.3 is 0 Å². The molecule has 0 nitrogen and oxygen atoms in total. The highest BCUT2D eigenvalue weighted by molar-refractivity contribution is 5.02. The van der Waals surface area contributed by atoms with Crippen LogP contribution in [0.1, 0.15) is 95.9 Å². The lowest BCUT2D eigenvalue weighted by atomic mass is 10.6. The summed E-state index contributed by atoms with van der Waals surface area (Å²) in [6.45, 7) is 30.2. The third-order valence-corrected chi connectivity index (χ3v) is 0.236. The quantitative estimate of drug-likeness (QED) is 0.385. The van der Waals surface area contributed by atoms with E-state index in [1.807, 2.05) is 69.2 Å². The fraction of sp³-hybridized carbons (Fsp3) is 0.778. The van der Waals surface area contributed by atoms with Gasteiger partial charge in [-0.05, 0) is 6.42 Å². The molecule has 0 fully saturated rings. The second kappa shape index (κ2) is 326. The van der Waals surface area contributed by atoms with Crippen LogP contribution < -0.4 is 0 Å². The molecule has 0 saturated carbocycles. The normalized spacial score (nSPS) is 6.00. The summed E-state index contributed by atoms with van der Waals surface area (Å²) in [6, 6.07) is 0. The summed E-state index contributed by atoms with van der Waals surface area (Å²) in [5, 5.41) is 0. The van der Waals surface area contributed by atoms with Gasteiger partial charge in [0.25, 0.3) is 0 Å². The Bertz CT molecular complexity index is 40.0. The van der Waals surface area contributed by atoms with Crippen molar-refractivity contribution in [3.8, 4) is 0 Å². The molecular weight excluding hydrogens is 216 g/mol. The largest absolute Gasteiger partial charge is 0.106 e. The number of hydrogen-bond donors (Lipinski definition) is 0. The first kappa shape index (κ1) is 43.2. The lowest BCUT2D eigenvalue weighted by molar-refractivity contribution is 1.09. The SMILES string of the molecule is C1=CC1.C=C.CC.CC.CC.CC.CC.CCC. The Labute approximate surface area is 122 Å². The molecule has 0 atom stereocenters. The molecule has 1 aliphatic carbocycles. The van der Waals surface area contributed by atoms with Gasteiger partial charge in [0.05, 0.1) is 0 Å². The summed E-state index contributed by atoms with van der Waals surface area (Å²) >= 11 is 0. The van der Waals surface area contributed by atoms with Crippen LogP contribution >= 0.6 is 0 Å². The first-order valence-electron chi connectivity index (χ1n) is 8.06. The van der Waals surface area contributed by atoms with E-state index in [9.17, 15) is 0 Å². The maximum Gasteiger partial charge on any atom is -0.0169 e. The smallest absolute Gasteiger partial charge is 0.0169 e. The van der Waals surface area contributed by atoms with E-state index in [0.717, 1.165) is 0 Å². The Kier molecular flexibility index (Phi) is 783. The van der Waals surface area contributed by atoms with E-state index in [-0.39, 0.29) is 0 Å². The third kappa shape index (κ3) is 14100. The van der Waals surface area contributed by atoms with Gasteiger partial charge < -0.3 is 0 Å². The molecule has 1 aliphatic rings. The van der Waals surface area contributed by atoms with Crippen molar-refractivity contribution in [2.75, 3.05) is 0 Å². The molecule has 0 N–H and O–H groups in total. The Morgan fingerprint density at radius 2 is 0.667 bits per heavy atom. The molecule has 0 heteroatoms. The highest BCUT2D eigenvalue weighted by Crippen LogP contribution is 1.96. The van der Waals surface area contributed by atoms with Gasteiger partial charge in [-0.2, -0.15) is 0 Å². The van der Waals surface area contributed by atoms with Gasteiger partial charge in [0.1, 0.15) is 0 Å². The Balaban J connectivity index is -0.0000000156. The first-order valence-corrected chi connectivity index (χ1v) is 8.06. The minimum atomic E-state index is 1.25. The Morgan fingerprint density at radius 3 is 0.667 bits per heavy atom. The van der Waals surface area contributed by atoms with E-state index in [1.54, 1.807) is 0 Å². The van der Waals surface area contributed by atoms with E-state index in [2.05, 4.69) is 39.2 Å². The maximum absolute atomic E-state index is 3.00. The van der Waals surface area contributed by atoms with Crippen molar-refractivity contribution in [2.24, 2.45) is 0 Å². The fourth-order valence-corrected chi connectivity index (χ4v) is 0. The van der Waals surface area contributed by atoms with Crippen LogP contribution in [-0.2, 0) is 0 Å². The number of allylic oxidation sites excluding steroid dienone is 2. The summed E-state index contributed by atoms with van der Waals surface area (Å²) in [6.07, 6.45) is 6.75. The highest BCUT2D eigenvalue weighted by atomic mass is 13.8. The molecule has 18 heavy (non-hydrogen) atoms. The van der Waals surface area contributed by atoms with Crippen LogP contribution in [0, 0.1) is 0 Å². The summed E-state index contributed by atoms with van der Waals surface area (Å²) in [5.74, 6) is 0. The summed E-state index contributed by atoms with van der Waals surface area (Å²) in [7, 11) is 0. The first-order chi connectivity index (χ1) is 8.91. The van der Waals surface area contributed by atoms with Gasteiger partial charge in [-0.1, -0.05) is 102 Å². The van der Waals surface area contributed by atoms with Gasteiger partial charge in [0.15, 0.2) is 0 Å². The van der Waals surface area contributed by atoms with Crippen LogP contribution in [0.2, 0.25) is 0 Å². The van der Waals surface area contributed by atoms with E-state index >= 15 is 0 Å². The molecule has 0 aromatic heterocycles. The second-order valence-electron chi connectivity index (χ2n) is 1.41. The van der Waals surface area contributed by atoms with Gasteiger partial charge in [0, 0.05) is 0 Å². The summed E-state index contributed by atoms with van der Waals surface area (Å²) in [5.41, 5.74) is 0. The van der Waals surface area contributed by atoms with Crippen LogP contribution in [0.5, 0.6) is 0 Å². The molecule has 0 spiro atoms. The molecule has 0 heterocycles. The van der Waals surface area contributed by atoms with Crippen LogP contribution in [0.25, 0.3) is 0 Å². The molecular formula is C18H46. The zero-order valence-electron chi connectivity index (χ0n) is 16.0. The summed E-state index contributed by atoms with van der Waals surface area (Å²) in [4.78, 5) is 0. The predicted octanol–water partition coefficient (Wildman–Crippen LogP) is 8.30. The van der Waals surface area contributed by atoms with Crippen LogP contribution in [0.15, 0.2) is 25.3 Å². The third-order valence-electron chi connectivity index (χ3n) is 0.236. The Hall–Kier alpha value is -0.520. The monoisotopic (exact) mass is 262 g/mol. The van der Waals surface area contributed by atoms with Gasteiger partial charge in [0.2, 0.25) is 0 Å². The van der Waals surface area contributed by atoms with Crippen molar-refractivity contribution >= 4 is 0 Å². The molecule has 0 saturated heterocycles. The predicted molar refractivity (Wildman–Crippen MR) is 97.7 cm³/mol. The Morgan fingerprint density at radius 1 is 0.611 bits per heavy atom. The standard InChI is InChI=1S/C3H4.C3H8.5C2H6.C2H4/c1-2-3-1;1-3-2;6*1-2/h1-2H,3H2;3H2,1-2H3;5*1-2H3;1-2H2. The molecule has 118 valence electrons. The van der Waals surface area contributed by atoms with Crippen molar-refractivity contribution in [2.45, 2.75) is 95.9 Å². The molecule has 0 aromatic rings. The zero-order chi connectivity index (χ0) is 16.8. The van der Waals surface area contributed by atoms with Crippen molar-refractivity contribution in [1.29, 1.82) is 0 Å². The highest BCUT2D eigenvalue weighted by Gasteiger charge is 1.75. The topological polar surface area (TPSA) is 0 Å². The number of hydrogen-bond acceptors (Lipinski definition) is 0. The van der Waals surface area contributed by atoms with E-state index < -0.39 is 0 Å². The molecule has 0 radical (unpaired) electrons. The molecule has 0 unspecified atom stereocenters. The minimum absolute atomic E-state index is 1.25. The maximum atomic E-state index is 3.00. The minimum Gasteiger partial charge on any atom is -0.106 e. The van der Waals surface area contributed by atoms with Crippen molar-refractivity contribution in [3.05, 3.63) is 25.3 Å². The average molecular weight is 263 g/mol. The second-order valence-corrected chi connectivity index (χ2v) is 1.41. The molecule has 1 rings (SSSR count). The molecule has 0 bridgehead atoms. The molecule has 0 amide bonds.